The summed E-state index contributed by atoms with van der Waals surface area (Å²) in [6.45, 7) is 3.68. The van der Waals surface area contributed by atoms with E-state index in [9.17, 15) is 5.11 Å². The lowest BCUT2D eigenvalue weighted by Gasteiger charge is -2.12. The third kappa shape index (κ3) is 3.20. The Bertz CT molecular complexity index is 280. The maximum Gasteiger partial charge on any atom is 0.143 e. The molecular formula is C8H13N3OS. The summed E-state index contributed by atoms with van der Waals surface area (Å²) in [6, 6.07) is 0. The van der Waals surface area contributed by atoms with Crippen molar-refractivity contribution in [2.24, 2.45) is 0 Å². The topological polar surface area (TPSA) is 72.0 Å². The van der Waals surface area contributed by atoms with Gasteiger partial charge < -0.3 is 10.8 Å². The molecule has 0 spiro atoms. The van der Waals surface area contributed by atoms with Gasteiger partial charge in [0.15, 0.2) is 0 Å². The maximum absolute atomic E-state index is 9.25. The van der Waals surface area contributed by atoms with E-state index in [1.807, 2.05) is 6.92 Å². The van der Waals surface area contributed by atoms with E-state index in [-0.39, 0.29) is 11.4 Å². The molecule has 1 heterocycles. The van der Waals surface area contributed by atoms with Gasteiger partial charge in [0.05, 0.1) is 18.5 Å². The summed E-state index contributed by atoms with van der Waals surface area (Å²) in [7, 11) is 0. The molecule has 1 aromatic rings. The van der Waals surface area contributed by atoms with Crippen LogP contribution in [0.25, 0.3) is 0 Å². The van der Waals surface area contributed by atoms with Crippen molar-refractivity contribution in [3.63, 3.8) is 0 Å². The first-order valence-electron chi connectivity index (χ1n) is 4.02. The molecule has 0 aliphatic heterocycles. The summed E-state index contributed by atoms with van der Waals surface area (Å²) in [6.07, 6.45) is 2.77. The molecule has 1 rings (SSSR count). The van der Waals surface area contributed by atoms with Crippen molar-refractivity contribution in [2.45, 2.75) is 30.2 Å². The van der Waals surface area contributed by atoms with E-state index in [0.717, 1.165) is 5.03 Å². The van der Waals surface area contributed by atoms with Gasteiger partial charge in [-0.2, -0.15) is 0 Å². The minimum atomic E-state index is -0.367. The normalized spacial score (nSPS) is 15.3. The number of aromatic nitrogens is 2. The molecule has 0 saturated carbocycles. The third-order valence-corrected chi connectivity index (χ3v) is 2.82. The van der Waals surface area contributed by atoms with Crippen LogP contribution < -0.4 is 5.73 Å². The van der Waals surface area contributed by atoms with Crippen LogP contribution in [0.15, 0.2) is 17.4 Å². The summed E-state index contributed by atoms with van der Waals surface area (Å²) in [4.78, 5) is 7.97. The lowest BCUT2D eigenvalue weighted by molar-refractivity contribution is 0.196. The zero-order valence-electron chi connectivity index (χ0n) is 7.64. The molecule has 0 aliphatic carbocycles. The second kappa shape index (κ2) is 4.43. The van der Waals surface area contributed by atoms with E-state index >= 15 is 0 Å². The zero-order chi connectivity index (χ0) is 9.84. The number of hydrogen-bond acceptors (Lipinski definition) is 5. The predicted octanol–water partition coefficient (Wildman–Crippen LogP) is 0.920. The molecule has 0 amide bonds. The quantitative estimate of drug-likeness (QED) is 0.708. The molecule has 4 nitrogen and oxygen atoms in total. The van der Waals surface area contributed by atoms with Gasteiger partial charge in [-0.05, 0) is 6.92 Å². The van der Waals surface area contributed by atoms with E-state index in [1.54, 1.807) is 13.1 Å². The number of thioether (sulfide) groups is 1. The molecule has 2 atom stereocenters. The highest BCUT2D eigenvalue weighted by atomic mass is 32.2. The van der Waals surface area contributed by atoms with Crippen LogP contribution in [0.1, 0.15) is 13.8 Å². The fourth-order valence-corrected chi connectivity index (χ4v) is 1.57. The minimum absolute atomic E-state index is 0.0936. The van der Waals surface area contributed by atoms with Crippen LogP contribution >= 0.6 is 11.8 Å². The lowest BCUT2D eigenvalue weighted by atomic mass is 10.3. The molecule has 13 heavy (non-hydrogen) atoms. The Labute approximate surface area is 81.6 Å². The molecule has 72 valence electrons. The van der Waals surface area contributed by atoms with Gasteiger partial charge in [0.2, 0.25) is 0 Å². The van der Waals surface area contributed by atoms with Crippen LogP contribution in [0.2, 0.25) is 0 Å². The molecule has 0 saturated heterocycles. The van der Waals surface area contributed by atoms with Gasteiger partial charge >= 0.3 is 0 Å². The van der Waals surface area contributed by atoms with Crippen LogP contribution in [0.5, 0.6) is 0 Å². The molecule has 0 aromatic carbocycles. The molecule has 0 radical (unpaired) electrons. The van der Waals surface area contributed by atoms with Crippen molar-refractivity contribution < 1.29 is 5.11 Å². The van der Waals surface area contributed by atoms with Gasteiger partial charge in [-0.15, -0.1) is 0 Å². The molecule has 2 unspecified atom stereocenters. The van der Waals surface area contributed by atoms with Gasteiger partial charge in [-0.25, -0.2) is 4.98 Å². The van der Waals surface area contributed by atoms with E-state index < -0.39 is 0 Å². The monoisotopic (exact) mass is 199 g/mol. The number of nitrogen functional groups attached to an aromatic ring is 1. The SMILES string of the molecule is CC(O)C(C)Sc1cncc(N)n1. The molecular weight excluding hydrogens is 186 g/mol. The van der Waals surface area contributed by atoms with Gasteiger partial charge in [0, 0.05) is 5.25 Å². The van der Waals surface area contributed by atoms with E-state index in [2.05, 4.69) is 9.97 Å². The molecule has 0 bridgehead atoms. The largest absolute Gasteiger partial charge is 0.392 e. The summed E-state index contributed by atoms with van der Waals surface area (Å²) in [5.74, 6) is 0.405. The lowest BCUT2D eigenvalue weighted by Crippen LogP contribution is -2.15. The first-order chi connectivity index (χ1) is 6.09. The summed E-state index contributed by atoms with van der Waals surface area (Å²) < 4.78 is 0. The highest BCUT2D eigenvalue weighted by Crippen LogP contribution is 2.22. The molecule has 5 heteroatoms. The van der Waals surface area contributed by atoms with Crippen molar-refractivity contribution in [3.8, 4) is 0 Å². The summed E-state index contributed by atoms with van der Waals surface area (Å²) in [5.41, 5.74) is 5.46. The summed E-state index contributed by atoms with van der Waals surface area (Å²) in [5, 5.41) is 10.1. The van der Waals surface area contributed by atoms with Crippen LogP contribution in [-0.2, 0) is 0 Å². The average molecular weight is 199 g/mol. The molecule has 0 fully saturated rings. The second-order valence-electron chi connectivity index (χ2n) is 2.85. The zero-order valence-corrected chi connectivity index (χ0v) is 8.45. The van der Waals surface area contributed by atoms with Gasteiger partial charge in [0.1, 0.15) is 10.8 Å². The Morgan fingerprint density at radius 3 is 2.69 bits per heavy atom. The smallest absolute Gasteiger partial charge is 0.143 e. The number of aliphatic hydroxyl groups is 1. The highest BCUT2D eigenvalue weighted by Gasteiger charge is 2.11. The number of aliphatic hydroxyl groups excluding tert-OH is 1. The number of rotatable bonds is 3. The Morgan fingerprint density at radius 1 is 1.46 bits per heavy atom. The van der Waals surface area contributed by atoms with Gasteiger partial charge in [0.25, 0.3) is 0 Å². The minimum Gasteiger partial charge on any atom is -0.392 e. The third-order valence-electron chi connectivity index (χ3n) is 1.62. The predicted molar refractivity (Wildman–Crippen MR) is 53.4 cm³/mol. The molecule has 3 N–H and O–H groups in total. The van der Waals surface area contributed by atoms with E-state index in [1.165, 1.54) is 18.0 Å². The molecule has 1 aromatic heterocycles. The van der Waals surface area contributed by atoms with Crippen LogP contribution in [0.4, 0.5) is 5.82 Å². The van der Waals surface area contributed by atoms with E-state index in [0.29, 0.717) is 5.82 Å². The van der Waals surface area contributed by atoms with Crippen molar-refractivity contribution in [1.82, 2.24) is 9.97 Å². The number of anilines is 1. The highest BCUT2D eigenvalue weighted by molar-refractivity contribution is 7.99. The fourth-order valence-electron chi connectivity index (χ4n) is 0.708. The number of nitrogens with two attached hydrogens (primary N) is 1. The first-order valence-corrected chi connectivity index (χ1v) is 4.90. The van der Waals surface area contributed by atoms with Crippen LogP contribution in [0.3, 0.4) is 0 Å². The Morgan fingerprint density at radius 2 is 2.15 bits per heavy atom. The Balaban J connectivity index is 2.64. The van der Waals surface area contributed by atoms with E-state index in [4.69, 9.17) is 5.73 Å². The molecule has 0 aliphatic rings. The number of nitrogens with zero attached hydrogens (tertiary/aromatic N) is 2. The van der Waals surface area contributed by atoms with Crippen molar-refractivity contribution in [2.75, 3.05) is 5.73 Å². The summed E-state index contributed by atoms with van der Waals surface area (Å²) >= 11 is 1.46. The van der Waals surface area contributed by atoms with Gasteiger partial charge in [-0.1, -0.05) is 18.7 Å². The van der Waals surface area contributed by atoms with Gasteiger partial charge in [-0.3, -0.25) is 4.98 Å². The van der Waals surface area contributed by atoms with Crippen LogP contribution in [0, 0.1) is 0 Å². The van der Waals surface area contributed by atoms with Crippen molar-refractivity contribution in [3.05, 3.63) is 12.4 Å². The van der Waals surface area contributed by atoms with Crippen molar-refractivity contribution in [1.29, 1.82) is 0 Å². The van der Waals surface area contributed by atoms with Crippen molar-refractivity contribution >= 4 is 17.6 Å². The maximum atomic E-state index is 9.25. The number of hydrogen-bond donors (Lipinski definition) is 2. The van der Waals surface area contributed by atoms with Crippen LogP contribution in [-0.4, -0.2) is 26.4 Å². The Hall–Kier alpha value is -0.810. The Kier molecular flexibility index (Phi) is 3.50. The standard InChI is InChI=1S/C8H13N3OS/c1-5(12)6(2)13-8-4-10-3-7(9)11-8/h3-6,12H,1-2H3,(H2,9,11). The average Bonchev–Trinajstić information content (AvgIpc) is 2.04. The fraction of sp³-hybridized carbons (Fsp3) is 0.500. The first kappa shape index (κ1) is 10.3. The second-order valence-corrected chi connectivity index (χ2v) is 4.24.